The van der Waals surface area contributed by atoms with Crippen molar-refractivity contribution in [2.24, 2.45) is 5.10 Å². The number of benzene rings is 3. The fraction of sp³-hybridized carbons (Fsp3) is 0.0667. The lowest BCUT2D eigenvalue weighted by molar-refractivity contribution is 0.0955. The summed E-state index contributed by atoms with van der Waals surface area (Å²) in [6, 6.07) is 36.0. The zero-order valence-electron chi connectivity index (χ0n) is 20.1. The van der Waals surface area contributed by atoms with Crippen LogP contribution in [0.2, 0.25) is 0 Å². The summed E-state index contributed by atoms with van der Waals surface area (Å²) in [5.74, 6) is 0.980. The molecule has 1 N–H and O–H groups in total. The molecule has 6 heteroatoms. The molecule has 0 saturated carbocycles. The van der Waals surface area contributed by atoms with E-state index in [2.05, 4.69) is 51.5 Å². The van der Waals surface area contributed by atoms with Crippen LogP contribution in [0.3, 0.4) is 0 Å². The van der Waals surface area contributed by atoms with E-state index in [9.17, 15) is 4.79 Å². The maximum absolute atomic E-state index is 12.7. The number of nitrogens with one attached hydrogen (secondary N) is 1. The Hall–Kier alpha value is -4.84. The van der Waals surface area contributed by atoms with Gasteiger partial charge in [-0.25, -0.2) is 5.43 Å². The number of furan rings is 1. The van der Waals surface area contributed by atoms with Gasteiger partial charge in [0.2, 0.25) is 0 Å². The lowest BCUT2D eigenvalue weighted by atomic mass is 10.1. The van der Waals surface area contributed by atoms with Gasteiger partial charge in [0.15, 0.2) is 5.88 Å². The van der Waals surface area contributed by atoms with Gasteiger partial charge in [0, 0.05) is 31.4 Å². The molecular formula is C30H26N4O2. The van der Waals surface area contributed by atoms with Crippen molar-refractivity contribution < 1.29 is 9.21 Å². The first-order valence-electron chi connectivity index (χ1n) is 11.6. The Kier molecular flexibility index (Phi) is 6.49. The molecule has 5 rings (SSSR count). The van der Waals surface area contributed by atoms with Crippen molar-refractivity contribution in [2.45, 2.75) is 0 Å². The predicted octanol–water partition coefficient (Wildman–Crippen LogP) is 6.23. The monoisotopic (exact) mass is 474 g/mol. The molecule has 0 fully saturated rings. The molecule has 2 heterocycles. The van der Waals surface area contributed by atoms with Gasteiger partial charge < -0.3 is 13.9 Å². The van der Waals surface area contributed by atoms with E-state index in [1.165, 1.54) is 6.21 Å². The molecule has 178 valence electrons. The quantitative estimate of drug-likeness (QED) is 0.225. The molecule has 0 bridgehead atoms. The van der Waals surface area contributed by atoms with Crippen LogP contribution in [0.5, 0.6) is 0 Å². The van der Waals surface area contributed by atoms with Crippen LogP contribution >= 0.6 is 0 Å². The molecule has 0 radical (unpaired) electrons. The molecule has 2 aromatic heterocycles. The van der Waals surface area contributed by atoms with Gasteiger partial charge in [-0.2, -0.15) is 5.10 Å². The average molecular weight is 475 g/mol. The molecule has 0 aliphatic carbocycles. The summed E-state index contributed by atoms with van der Waals surface area (Å²) in [5.41, 5.74) is 8.43. The van der Waals surface area contributed by atoms with E-state index in [-0.39, 0.29) is 5.91 Å². The van der Waals surface area contributed by atoms with Crippen molar-refractivity contribution in [3.63, 3.8) is 0 Å². The number of nitrogens with zero attached hydrogens (tertiary/aromatic N) is 3. The normalized spacial score (nSPS) is 11.1. The van der Waals surface area contributed by atoms with Crippen LogP contribution < -0.4 is 10.3 Å². The number of hydrazone groups is 1. The zero-order valence-corrected chi connectivity index (χ0v) is 20.1. The maximum atomic E-state index is 12.7. The van der Waals surface area contributed by atoms with Gasteiger partial charge in [-0.05, 0) is 53.6 Å². The summed E-state index contributed by atoms with van der Waals surface area (Å²) >= 11 is 0. The van der Waals surface area contributed by atoms with Crippen molar-refractivity contribution >= 4 is 18.0 Å². The fourth-order valence-electron chi connectivity index (χ4n) is 4.02. The second-order valence-electron chi connectivity index (χ2n) is 8.49. The van der Waals surface area contributed by atoms with E-state index < -0.39 is 0 Å². The van der Waals surface area contributed by atoms with E-state index in [1.54, 1.807) is 18.2 Å². The van der Waals surface area contributed by atoms with Crippen molar-refractivity contribution in [2.75, 3.05) is 19.0 Å². The van der Waals surface area contributed by atoms with E-state index >= 15 is 0 Å². The van der Waals surface area contributed by atoms with Crippen LogP contribution in [0.25, 0.3) is 28.2 Å². The Morgan fingerprint density at radius 1 is 0.778 bits per heavy atom. The maximum Gasteiger partial charge on any atom is 0.271 e. The third-order valence-corrected chi connectivity index (χ3v) is 5.82. The van der Waals surface area contributed by atoms with Crippen LogP contribution in [0.15, 0.2) is 119 Å². The fourth-order valence-corrected chi connectivity index (χ4v) is 4.02. The number of anilines is 1. The SMILES string of the molecule is CN(C)c1ccc(/C=N\NC(=O)c2ccc(-n3c(-c4ccccc4)ccc3-c3ccccc3)cc2)o1. The molecule has 0 spiro atoms. The summed E-state index contributed by atoms with van der Waals surface area (Å²) < 4.78 is 7.82. The molecule has 0 aliphatic rings. The summed E-state index contributed by atoms with van der Waals surface area (Å²) in [6.07, 6.45) is 1.48. The number of aromatic nitrogens is 1. The highest BCUT2D eigenvalue weighted by Gasteiger charge is 2.14. The van der Waals surface area contributed by atoms with Crippen molar-refractivity contribution in [3.05, 3.63) is 121 Å². The molecular weight excluding hydrogens is 448 g/mol. The van der Waals surface area contributed by atoms with Crippen LogP contribution in [-0.2, 0) is 0 Å². The first-order valence-corrected chi connectivity index (χ1v) is 11.6. The lowest BCUT2D eigenvalue weighted by Crippen LogP contribution is -2.17. The van der Waals surface area contributed by atoms with Gasteiger partial charge in [0.1, 0.15) is 5.76 Å². The van der Waals surface area contributed by atoms with E-state index in [4.69, 9.17) is 4.42 Å². The minimum atomic E-state index is -0.295. The molecule has 0 atom stereocenters. The van der Waals surface area contributed by atoms with Gasteiger partial charge in [0.05, 0.1) is 17.6 Å². The first kappa shape index (κ1) is 22.9. The number of rotatable bonds is 7. The molecule has 36 heavy (non-hydrogen) atoms. The Morgan fingerprint density at radius 3 is 1.89 bits per heavy atom. The Bertz CT molecular complexity index is 1420. The smallest absolute Gasteiger partial charge is 0.271 e. The molecule has 0 saturated heterocycles. The highest BCUT2D eigenvalue weighted by molar-refractivity contribution is 5.95. The third-order valence-electron chi connectivity index (χ3n) is 5.82. The van der Waals surface area contributed by atoms with Gasteiger partial charge in [-0.3, -0.25) is 4.79 Å². The molecule has 1 amide bonds. The highest BCUT2D eigenvalue weighted by atomic mass is 16.4. The summed E-state index contributed by atoms with van der Waals surface area (Å²) in [7, 11) is 3.79. The topological polar surface area (TPSA) is 62.8 Å². The van der Waals surface area contributed by atoms with Crippen molar-refractivity contribution in [3.8, 4) is 28.2 Å². The second kappa shape index (κ2) is 10.2. The summed E-state index contributed by atoms with van der Waals surface area (Å²) in [5, 5.41) is 4.03. The van der Waals surface area contributed by atoms with Crippen LogP contribution in [0, 0.1) is 0 Å². The number of carbonyl (C=O) groups is 1. The largest absolute Gasteiger partial charge is 0.440 e. The van der Waals surface area contributed by atoms with Crippen LogP contribution in [0.1, 0.15) is 16.1 Å². The highest BCUT2D eigenvalue weighted by Crippen LogP contribution is 2.32. The minimum absolute atomic E-state index is 0.295. The van der Waals surface area contributed by atoms with E-state index in [0.717, 1.165) is 28.2 Å². The van der Waals surface area contributed by atoms with Gasteiger partial charge in [-0.1, -0.05) is 60.7 Å². The average Bonchev–Trinajstić information content (AvgIpc) is 3.58. The van der Waals surface area contributed by atoms with E-state index in [0.29, 0.717) is 17.2 Å². The number of hydrogen-bond acceptors (Lipinski definition) is 4. The van der Waals surface area contributed by atoms with Gasteiger partial charge in [0.25, 0.3) is 5.91 Å². The Balaban J connectivity index is 1.40. The first-order chi connectivity index (χ1) is 17.6. The Morgan fingerprint density at radius 2 is 1.36 bits per heavy atom. The minimum Gasteiger partial charge on any atom is -0.440 e. The third kappa shape index (κ3) is 4.83. The summed E-state index contributed by atoms with van der Waals surface area (Å²) in [4.78, 5) is 14.5. The molecule has 0 aliphatic heterocycles. The lowest BCUT2D eigenvalue weighted by Gasteiger charge is -2.15. The number of amides is 1. The van der Waals surface area contributed by atoms with Crippen LogP contribution in [0.4, 0.5) is 5.88 Å². The molecule has 5 aromatic rings. The Labute approximate surface area is 210 Å². The van der Waals surface area contributed by atoms with Crippen LogP contribution in [-0.4, -0.2) is 30.8 Å². The van der Waals surface area contributed by atoms with Crippen molar-refractivity contribution in [1.82, 2.24) is 9.99 Å². The number of hydrogen-bond donors (Lipinski definition) is 1. The molecule has 6 nitrogen and oxygen atoms in total. The zero-order chi connectivity index (χ0) is 24.9. The predicted molar refractivity (Wildman–Crippen MR) is 145 cm³/mol. The molecule has 0 unspecified atom stereocenters. The second-order valence-corrected chi connectivity index (χ2v) is 8.49. The van der Waals surface area contributed by atoms with Crippen molar-refractivity contribution in [1.29, 1.82) is 0 Å². The number of carbonyl (C=O) groups excluding carboxylic acids is 1. The van der Waals surface area contributed by atoms with Gasteiger partial charge in [-0.15, -0.1) is 0 Å². The van der Waals surface area contributed by atoms with E-state index in [1.807, 2.05) is 73.6 Å². The van der Waals surface area contributed by atoms with Gasteiger partial charge >= 0.3 is 0 Å². The molecule has 3 aromatic carbocycles. The standard InChI is InChI=1S/C30H26N4O2/c1-33(2)29-20-17-26(36-29)21-31-32-30(35)24-13-15-25(16-14-24)34-27(22-9-5-3-6-10-22)18-19-28(34)23-11-7-4-8-12-23/h3-21H,1-2H3,(H,32,35)/b31-21-. The summed E-state index contributed by atoms with van der Waals surface area (Å²) in [6.45, 7) is 0.